The Morgan fingerprint density at radius 2 is 2.00 bits per heavy atom. The Hall–Kier alpha value is -0.290. The van der Waals surface area contributed by atoms with Crippen molar-refractivity contribution in [2.75, 3.05) is 26.2 Å². The summed E-state index contributed by atoms with van der Waals surface area (Å²) in [5.41, 5.74) is 0. The largest absolute Gasteiger partial charge is 0.480 e. The van der Waals surface area contributed by atoms with E-state index in [0.717, 1.165) is 13.1 Å². The minimum Gasteiger partial charge on any atom is -0.480 e. The highest BCUT2D eigenvalue weighted by atomic mass is 35.5. The Kier molecular flexibility index (Phi) is 4.68. The standard InChI is InChI=1S/C8H12Cl2N2O2/c9-7(10)5-6(8(13)14)12-3-1-11-2-4-12/h5-6,11H,1-4H2,(H,13,14). The van der Waals surface area contributed by atoms with Crippen LogP contribution >= 0.6 is 23.2 Å². The number of rotatable bonds is 3. The zero-order valence-electron chi connectivity index (χ0n) is 7.54. The first-order valence-electron chi connectivity index (χ1n) is 4.31. The number of hydrogen-bond donors (Lipinski definition) is 2. The van der Waals surface area contributed by atoms with Gasteiger partial charge < -0.3 is 10.4 Å². The Balaban J connectivity index is 2.66. The number of nitrogens with zero attached hydrogens (tertiary/aromatic N) is 1. The maximum Gasteiger partial charge on any atom is 0.325 e. The topological polar surface area (TPSA) is 52.6 Å². The van der Waals surface area contributed by atoms with Gasteiger partial charge in [0.2, 0.25) is 0 Å². The van der Waals surface area contributed by atoms with Crippen molar-refractivity contribution in [1.29, 1.82) is 0 Å². The molecule has 0 bridgehead atoms. The average Bonchev–Trinajstić information content (AvgIpc) is 2.15. The third-order valence-corrected chi connectivity index (χ3v) is 2.33. The first kappa shape index (κ1) is 11.8. The van der Waals surface area contributed by atoms with Crippen LogP contribution in [-0.4, -0.2) is 48.2 Å². The van der Waals surface area contributed by atoms with Crippen molar-refractivity contribution in [3.63, 3.8) is 0 Å². The molecule has 0 aliphatic carbocycles. The van der Waals surface area contributed by atoms with Gasteiger partial charge in [0.15, 0.2) is 0 Å². The van der Waals surface area contributed by atoms with E-state index in [0.29, 0.717) is 13.1 Å². The lowest BCUT2D eigenvalue weighted by Crippen LogP contribution is -2.50. The smallest absolute Gasteiger partial charge is 0.325 e. The summed E-state index contributed by atoms with van der Waals surface area (Å²) in [6, 6.07) is -0.720. The summed E-state index contributed by atoms with van der Waals surface area (Å²) in [7, 11) is 0. The zero-order valence-corrected chi connectivity index (χ0v) is 9.05. The molecular weight excluding hydrogens is 227 g/mol. The van der Waals surface area contributed by atoms with E-state index >= 15 is 0 Å². The SMILES string of the molecule is O=C(O)C(C=C(Cl)Cl)N1CCNCC1. The summed E-state index contributed by atoms with van der Waals surface area (Å²) in [5, 5.41) is 12.1. The van der Waals surface area contributed by atoms with Gasteiger partial charge in [0, 0.05) is 26.2 Å². The molecule has 2 N–H and O–H groups in total. The minimum absolute atomic E-state index is 0.00377. The van der Waals surface area contributed by atoms with Crippen LogP contribution in [0.1, 0.15) is 0 Å². The quantitative estimate of drug-likeness (QED) is 0.759. The second-order valence-corrected chi connectivity index (χ2v) is 4.03. The van der Waals surface area contributed by atoms with Crippen LogP contribution in [0, 0.1) is 0 Å². The molecule has 1 saturated heterocycles. The molecular formula is C8H12Cl2N2O2. The Labute approximate surface area is 92.5 Å². The van der Waals surface area contributed by atoms with Crippen LogP contribution in [0.3, 0.4) is 0 Å². The molecule has 1 atom stereocenters. The second-order valence-electron chi connectivity index (χ2n) is 3.03. The van der Waals surface area contributed by atoms with E-state index in [-0.39, 0.29) is 4.49 Å². The van der Waals surface area contributed by atoms with Gasteiger partial charge in [-0.15, -0.1) is 0 Å². The van der Waals surface area contributed by atoms with Crippen LogP contribution in [0.15, 0.2) is 10.6 Å². The van der Waals surface area contributed by atoms with E-state index in [4.69, 9.17) is 28.3 Å². The molecule has 0 radical (unpaired) electrons. The number of carbonyl (C=O) groups is 1. The second kappa shape index (κ2) is 5.56. The van der Waals surface area contributed by atoms with E-state index in [1.165, 1.54) is 6.08 Å². The van der Waals surface area contributed by atoms with Crippen LogP contribution in [0.25, 0.3) is 0 Å². The first-order chi connectivity index (χ1) is 6.61. The van der Waals surface area contributed by atoms with Crippen LogP contribution in [-0.2, 0) is 4.79 Å². The van der Waals surface area contributed by atoms with Gasteiger partial charge in [-0.3, -0.25) is 9.69 Å². The number of hydrogen-bond acceptors (Lipinski definition) is 3. The molecule has 0 amide bonds. The summed E-state index contributed by atoms with van der Waals surface area (Å²) in [6.45, 7) is 2.96. The molecule has 1 fully saturated rings. The maximum absolute atomic E-state index is 10.9. The van der Waals surface area contributed by atoms with Crippen molar-refractivity contribution >= 4 is 29.2 Å². The molecule has 0 aromatic heterocycles. The van der Waals surface area contributed by atoms with Crippen LogP contribution in [0.4, 0.5) is 0 Å². The number of carboxylic acids is 1. The molecule has 14 heavy (non-hydrogen) atoms. The van der Waals surface area contributed by atoms with Crippen LogP contribution in [0.2, 0.25) is 0 Å². The highest BCUT2D eigenvalue weighted by molar-refractivity contribution is 6.56. The lowest BCUT2D eigenvalue weighted by atomic mass is 10.2. The molecule has 1 aliphatic rings. The molecule has 1 rings (SSSR count). The number of nitrogens with one attached hydrogen (secondary N) is 1. The lowest BCUT2D eigenvalue weighted by Gasteiger charge is -2.30. The Morgan fingerprint density at radius 3 is 2.43 bits per heavy atom. The molecule has 6 heteroatoms. The summed E-state index contributed by atoms with van der Waals surface area (Å²) in [4.78, 5) is 12.7. The molecule has 80 valence electrons. The average molecular weight is 239 g/mol. The molecule has 0 aromatic carbocycles. The summed E-state index contributed by atoms with van der Waals surface area (Å²) in [5.74, 6) is -0.925. The maximum atomic E-state index is 10.9. The zero-order chi connectivity index (χ0) is 10.6. The fourth-order valence-electron chi connectivity index (χ4n) is 1.41. The van der Waals surface area contributed by atoms with E-state index < -0.39 is 12.0 Å². The summed E-state index contributed by atoms with van der Waals surface area (Å²) in [6.07, 6.45) is 1.34. The van der Waals surface area contributed by atoms with Gasteiger partial charge in [0.25, 0.3) is 0 Å². The monoisotopic (exact) mass is 238 g/mol. The number of carboxylic acid groups (broad SMARTS) is 1. The van der Waals surface area contributed by atoms with E-state index in [9.17, 15) is 4.79 Å². The predicted molar refractivity (Wildman–Crippen MR) is 55.7 cm³/mol. The van der Waals surface area contributed by atoms with Crippen molar-refractivity contribution in [3.8, 4) is 0 Å². The minimum atomic E-state index is -0.925. The van der Waals surface area contributed by atoms with E-state index in [2.05, 4.69) is 5.32 Å². The molecule has 1 unspecified atom stereocenters. The van der Waals surface area contributed by atoms with Crippen LogP contribution in [0.5, 0.6) is 0 Å². The third-order valence-electron chi connectivity index (χ3n) is 2.08. The normalized spacial score (nSPS) is 20.1. The van der Waals surface area contributed by atoms with Crippen molar-refractivity contribution < 1.29 is 9.90 Å². The predicted octanol–water partition coefficient (Wildman–Crippen LogP) is 0.664. The van der Waals surface area contributed by atoms with Crippen molar-refractivity contribution in [2.24, 2.45) is 0 Å². The van der Waals surface area contributed by atoms with Crippen molar-refractivity contribution in [3.05, 3.63) is 10.6 Å². The van der Waals surface area contributed by atoms with E-state index in [1.807, 2.05) is 4.90 Å². The first-order valence-corrected chi connectivity index (χ1v) is 5.07. The molecule has 1 aliphatic heterocycles. The van der Waals surface area contributed by atoms with E-state index in [1.54, 1.807) is 0 Å². The molecule has 4 nitrogen and oxygen atoms in total. The van der Waals surface area contributed by atoms with Gasteiger partial charge >= 0.3 is 5.97 Å². The number of halogens is 2. The van der Waals surface area contributed by atoms with Crippen molar-refractivity contribution in [2.45, 2.75) is 6.04 Å². The van der Waals surface area contributed by atoms with Crippen molar-refractivity contribution in [1.82, 2.24) is 10.2 Å². The van der Waals surface area contributed by atoms with Crippen LogP contribution < -0.4 is 5.32 Å². The van der Waals surface area contributed by atoms with Gasteiger partial charge in [-0.2, -0.15) is 0 Å². The molecule has 0 aromatic rings. The summed E-state index contributed by atoms with van der Waals surface area (Å²) < 4.78 is -0.00377. The summed E-state index contributed by atoms with van der Waals surface area (Å²) >= 11 is 10.9. The Bertz CT molecular complexity index is 235. The molecule has 0 saturated carbocycles. The number of piperazine rings is 1. The third kappa shape index (κ3) is 3.46. The Morgan fingerprint density at radius 1 is 1.43 bits per heavy atom. The lowest BCUT2D eigenvalue weighted by molar-refractivity contribution is -0.141. The highest BCUT2D eigenvalue weighted by Crippen LogP contribution is 2.12. The highest BCUT2D eigenvalue weighted by Gasteiger charge is 2.24. The molecule has 0 spiro atoms. The fourth-order valence-corrected chi connectivity index (χ4v) is 1.65. The van der Waals surface area contributed by atoms with Gasteiger partial charge in [-0.1, -0.05) is 23.2 Å². The van der Waals surface area contributed by atoms with Gasteiger partial charge in [0.1, 0.15) is 10.5 Å². The van der Waals surface area contributed by atoms with Gasteiger partial charge in [-0.25, -0.2) is 0 Å². The number of aliphatic carboxylic acids is 1. The van der Waals surface area contributed by atoms with Gasteiger partial charge in [-0.05, 0) is 6.08 Å². The van der Waals surface area contributed by atoms with Gasteiger partial charge in [0.05, 0.1) is 0 Å². The fraction of sp³-hybridized carbons (Fsp3) is 0.625. The molecule has 1 heterocycles.